The van der Waals surface area contributed by atoms with Gasteiger partial charge in [0.25, 0.3) is 10.1 Å². The normalized spacial score (nSPS) is 18.6. The maximum Gasteiger partial charge on any atom is 0.408 e. The van der Waals surface area contributed by atoms with E-state index >= 15 is 0 Å². The van der Waals surface area contributed by atoms with Crippen molar-refractivity contribution >= 4 is 52.3 Å². The van der Waals surface area contributed by atoms with Crippen LogP contribution in [0.25, 0.3) is 0 Å². The number of ether oxygens (including phenoxy) is 3. The number of isocyanates is 1. The molecule has 0 spiro atoms. The highest BCUT2D eigenvalue weighted by Gasteiger charge is 2.42. The van der Waals surface area contributed by atoms with Crippen LogP contribution in [0.1, 0.15) is 53.4 Å². The van der Waals surface area contributed by atoms with E-state index in [1.165, 1.54) is 17.8 Å². The van der Waals surface area contributed by atoms with E-state index in [1.54, 1.807) is 20.2 Å². The summed E-state index contributed by atoms with van der Waals surface area (Å²) in [5, 5.41) is 19.2. The van der Waals surface area contributed by atoms with Gasteiger partial charge in [-0.25, -0.2) is 57.1 Å². The fraction of sp³-hybridized carbons (Fsp3) is 0.771. The predicted molar refractivity (Wildman–Crippen MR) is 221 cm³/mol. The maximum atomic E-state index is 13.2. The Labute approximate surface area is 357 Å². The lowest BCUT2D eigenvalue weighted by Crippen LogP contribution is -2.56. The highest BCUT2D eigenvalue weighted by molar-refractivity contribution is 7.99. The molecule has 1 fully saturated rings. The maximum absolute atomic E-state index is 13.2. The molecule has 1 heterocycles. The van der Waals surface area contributed by atoms with Crippen LogP contribution in [0.2, 0.25) is 0 Å². The summed E-state index contributed by atoms with van der Waals surface area (Å²) >= 11 is 1.27. The number of rotatable bonds is 24. The number of nitrogens with one attached hydrogen (secondary N) is 4. The van der Waals surface area contributed by atoms with E-state index in [2.05, 4.69) is 26.3 Å². The number of thioether (sulfide) groups is 1. The van der Waals surface area contributed by atoms with Crippen LogP contribution in [-0.4, -0.2) is 156 Å². The van der Waals surface area contributed by atoms with E-state index in [4.69, 9.17) is 19.3 Å². The number of carbonyl (C=O) groups excluding carboxylic acids is 4. The SMILES string of the molecule is CSC(C)OC(=O)NCCn1c(=O)n(CCN=C=O)c(=O)n(CCNC(=O)OCC[N+](C)(CCCS(=O)(=O)O)CCOC(=O)NC2CC(C)(C)CC(C)(CNC(=O)O)C2)c1=O. The number of amides is 4. The average Bonchev–Trinajstić information content (AvgIpc) is 3.13. The van der Waals surface area contributed by atoms with E-state index in [9.17, 15) is 51.3 Å². The molecule has 26 heteroatoms. The van der Waals surface area contributed by atoms with Gasteiger partial charge in [0.1, 0.15) is 31.7 Å². The molecule has 0 aromatic carbocycles. The first-order chi connectivity index (χ1) is 28.4. The molecule has 1 aliphatic rings. The Hall–Kier alpha value is -4.91. The number of quaternary nitrogens is 1. The van der Waals surface area contributed by atoms with Crippen molar-refractivity contribution in [3.63, 3.8) is 0 Å². The molecule has 24 nitrogen and oxygen atoms in total. The first-order valence-corrected chi connectivity index (χ1v) is 22.4. The predicted octanol–water partition coefficient (Wildman–Crippen LogP) is -0.0278. The van der Waals surface area contributed by atoms with E-state index < -0.39 is 74.7 Å². The van der Waals surface area contributed by atoms with Crippen molar-refractivity contribution in [3.05, 3.63) is 31.5 Å². The molecule has 61 heavy (non-hydrogen) atoms. The van der Waals surface area contributed by atoms with Crippen LogP contribution in [0, 0.1) is 10.8 Å². The summed E-state index contributed by atoms with van der Waals surface area (Å²) in [5.74, 6) is -0.532. The number of aromatic nitrogens is 3. The van der Waals surface area contributed by atoms with Crippen molar-refractivity contribution in [1.82, 2.24) is 35.0 Å². The summed E-state index contributed by atoms with van der Waals surface area (Å²) in [6, 6.07) is -0.289. The number of likely N-dealkylation sites (N-methyl/N-ethyl adjacent to an activating group) is 1. The van der Waals surface area contributed by atoms with Gasteiger partial charge < -0.3 is 45.1 Å². The quantitative estimate of drug-likeness (QED) is 0.0198. The highest BCUT2D eigenvalue weighted by Crippen LogP contribution is 2.45. The minimum absolute atomic E-state index is 0.0289. The van der Waals surface area contributed by atoms with Crippen molar-refractivity contribution < 1.29 is 60.7 Å². The Morgan fingerprint density at radius 1 is 0.902 bits per heavy atom. The minimum atomic E-state index is -4.27. The van der Waals surface area contributed by atoms with Crippen molar-refractivity contribution in [2.75, 3.05) is 78.1 Å². The molecule has 4 amide bonds. The molecule has 0 bridgehead atoms. The third-order valence-electron chi connectivity index (χ3n) is 9.96. The second-order valence-electron chi connectivity index (χ2n) is 16.1. The third kappa shape index (κ3) is 19.1. The standard InChI is InChI=1S/C35H59N9O15S2/c1-25(60-6)59-29(49)38-10-13-43-32(52)41(11-8-36-24-45)31(51)42(33(43)53)12-9-37-28(48)57-17-15-44(5,14-7-19-61(54,55)56)16-18-58-30(50)40-26-20-34(2,3)22-35(4,21-26)23-39-27(46)47/h25-26,39H,7-23H2,1-6H3,(H4-,37,38,40,46,47,48,49,50,54,55,56)/p+1. The lowest BCUT2D eigenvalue weighted by Gasteiger charge is -2.46. The summed E-state index contributed by atoms with van der Waals surface area (Å²) in [5.41, 5.74) is -4.14. The molecule has 0 radical (unpaired) electrons. The molecule has 4 atom stereocenters. The smallest absolute Gasteiger partial charge is 0.408 e. The van der Waals surface area contributed by atoms with Gasteiger partial charge in [0.15, 0.2) is 0 Å². The van der Waals surface area contributed by atoms with Crippen LogP contribution in [-0.2, 0) is 48.8 Å². The number of hydrogen-bond donors (Lipinski definition) is 6. The molecule has 1 saturated carbocycles. The van der Waals surface area contributed by atoms with Crippen LogP contribution in [0.5, 0.6) is 0 Å². The monoisotopic (exact) mass is 910 g/mol. The zero-order valence-corrected chi connectivity index (χ0v) is 37.1. The Balaban J connectivity index is 2.04. The number of nitrogens with zero attached hydrogens (tertiary/aromatic N) is 5. The van der Waals surface area contributed by atoms with E-state index in [1.807, 2.05) is 20.8 Å². The minimum Gasteiger partial charge on any atom is -0.465 e. The first-order valence-electron chi connectivity index (χ1n) is 19.5. The molecular weight excluding hydrogens is 851 g/mol. The van der Waals surface area contributed by atoms with Crippen LogP contribution in [0.15, 0.2) is 19.4 Å². The summed E-state index contributed by atoms with van der Waals surface area (Å²) in [7, 11) is -2.56. The third-order valence-corrected chi connectivity index (χ3v) is 11.5. The Morgan fingerprint density at radius 3 is 1.97 bits per heavy atom. The average molecular weight is 911 g/mol. The fourth-order valence-corrected chi connectivity index (χ4v) is 8.01. The van der Waals surface area contributed by atoms with Gasteiger partial charge in [-0.05, 0) is 43.3 Å². The molecule has 6 N–H and O–H groups in total. The summed E-state index contributed by atoms with van der Waals surface area (Å²) in [4.78, 5) is 102. The highest BCUT2D eigenvalue weighted by atomic mass is 32.2. The second-order valence-corrected chi connectivity index (χ2v) is 18.8. The van der Waals surface area contributed by atoms with Gasteiger partial charge >= 0.3 is 41.4 Å². The van der Waals surface area contributed by atoms with Crippen molar-refractivity contribution in [1.29, 1.82) is 0 Å². The topological polar surface area (TPSA) is 314 Å². The van der Waals surface area contributed by atoms with Crippen molar-refractivity contribution in [2.24, 2.45) is 15.8 Å². The molecule has 0 aliphatic heterocycles. The van der Waals surface area contributed by atoms with Gasteiger partial charge in [-0.15, -0.1) is 11.8 Å². The summed E-state index contributed by atoms with van der Waals surface area (Å²) in [6.07, 6.45) is 1.39. The molecule has 346 valence electrons. The first kappa shape index (κ1) is 52.2. The van der Waals surface area contributed by atoms with E-state index in [0.717, 1.165) is 6.42 Å². The van der Waals surface area contributed by atoms with Gasteiger partial charge in [-0.1, -0.05) is 20.8 Å². The van der Waals surface area contributed by atoms with Gasteiger partial charge in [0, 0.05) is 45.2 Å². The number of carbonyl (C=O) groups is 4. The Bertz CT molecular complexity index is 2020. The molecule has 1 aromatic rings. The molecule has 0 saturated heterocycles. The fourth-order valence-electron chi connectivity index (χ4n) is 7.33. The molecule has 2 rings (SSSR count). The Morgan fingerprint density at radius 2 is 1.44 bits per heavy atom. The van der Waals surface area contributed by atoms with Crippen molar-refractivity contribution in [2.45, 2.75) is 84.5 Å². The Kier molecular flexibility index (Phi) is 20.5. The number of alkyl carbamates (subject to hydrolysis) is 3. The van der Waals surface area contributed by atoms with Crippen LogP contribution in [0.4, 0.5) is 19.2 Å². The number of aliphatic imine (C=N–C) groups is 1. The zero-order chi connectivity index (χ0) is 46.0. The number of carboxylic acid groups (broad SMARTS) is 1. The second kappa shape index (κ2) is 23.9. The lowest BCUT2D eigenvalue weighted by molar-refractivity contribution is -0.909. The van der Waals surface area contributed by atoms with E-state index in [-0.39, 0.29) is 94.5 Å². The molecular formula is C35H60N9O15S2+. The largest absolute Gasteiger partial charge is 0.465 e. The zero-order valence-electron chi connectivity index (χ0n) is 35.4. The van der Waals surface area contributed by atoms with Crippen LogP contribution < -0.4 is 38.3 Å². The van der Waals surface area contributed by atoms with Gasteiger partial charge in [-0.2, -0.15) is 8.42 Å². The van der Waals surface area contributed by atoms with Crippen LogP contribution in [0.3, 0.4) is 0 Å². The molecule has 1 aliphatic carbocycles. The molecule has 4 unspecified atom stereocenters. The van der Waals surface area contributed by atoms with Crippen LogP contribution >= 0.6 is 11.8 Å². The van der Waals surface area contributed by atoms with Gasteiger partial charge in [0.05, 0.1) is 32.4 Å². The number of hydrogen-bond acceptors (Lipinski definition) is 15. The van der Waals surface area contributed by atoms with Crippen molar-refractivity contribution in [3.8, 4) is 0 Å². The van der Waals surface area contributed by atoms with Gasteiger partial charge in [0.2, 0.25) is 6.08 Å². The summed E-state index contributed by atoms with van der Waals surface area (Å²) < 4.78 is 50.1. The van der Waals surface area contributed by atoms with E-state index in [0.29, 0.717) is 26.5 Å². The summed E-state index contributed by atoms with van der Waals surface area (Å²) in [6.45, 7) is 6.08. The molecule has 1 aromatic heterocycles. The van der Waals surface area contributed by atoms with Gasteiger partial charge in [-0.3, -0.25) is 4.55 Å². The lowest BCUT2D eigenvalue weighted by atomic mass is 9.62.